The Labute approximate surface area is 113 Å². The number of hydrogen-bond acceptors (Lipinski definition) is 4. The maximum atomic E-state index is 11.9. The minimum Gasteiger partial charge on any atom is -0.472 e. The molecule has 0 aliphatic heterocycles. The van der Waals surface area contributed by atoms with Gasteiger partial charge in [0.1, 0.15) is 12.9 Å². The van der Waals surface area contributed by atoms with Crippen LogP contribution in [-0.2, 0) is 11.3 Å². The van der Waals surface area contributed by atoms with E-state index in [0.29, 0.717) is 11.1 Å². The number of benzene rings is 1. The Bertz CT molecular complexity index is 802. The first-order chi connectivity index (χ1) is 9.74. The van der Waals surface area contributed by atoms with Crippen LogP contribution >= 0.6 is 0 Å². The fraction of sp³-hybridized carbons (Fsp3) is 0.0667. The molecule has 3 rings (SSSR count). The van der Waals surface area contributed by atoms with Gasteiger partial charge in [0.25, 0.3) is 5.56 Å². The van der Waals surface area contributed by atoms with E-state index in [9.17, 15) is 9.59 Å². The van der Waals surface area contributed by atoms with Crippen molar-refractivity contribution < 1.29 is 13.9 Å². The molecular weight excluding hydrogens is 258 g/mol. The van der Waals surface area contributed by atoms with Gasteiger partial charge in [-0.1, -0.05) is 18.2 Å². The summed E-state index contributed by atoms with van der Waals surface area (Å²) in [5.41, 5.74) is 1.22. The van der Waals surface area contributed by atoms with Crippen molar-refractivity contribution in [2.75, 3.05) is 0 Å². The van der Waals surface area contributed by atoms with Gasteiger partial charge in [0.15, 0.2) is 0 Å². The molecule has 5 heteroatoms. The van der Waals surface area contributed by atoms with Gasteiger partial charge in [-0.25, -0.2) is 4.79 Å². The molecular formula is C15H11NO4. The summed E-state index contributed by atoms with van der Waals surface area (Å²) in [6.07, 6.45) is 2.69. The van der Waals surface area contributed by atoms with Gasteiger partial charge >= 0.3 is 5.97 Å². The van der Waals surface area contributed by atoms with Gasteiger partial charge in [-0.05, 0) is 23.6 Å². The molecule has 0 radical (unpaired) electrons. The average molecular weight is 269 g/mol. The summed E-state index contributed by atoms with van der Waals surface area (Å²) in [5, 5.41) is 0.890. The summed E-state index contributed by atoms with van der Waals surface area (Å²) in [5.74, 6) is -0.522. The summed E-state index contributed by atoms with van der Waals surface area (Å²) >= 11 is 0. The molecule has 2 heterocycles. The quantitative estimate of drug-likeness (QED) is 0.741. The number of para-hydroxylation sites is 1. The van der Waals surface area contributed by atoms with Crippen LogP contribution in [0.2, 0.25) is 0 Å². The molecule has 0 aliphatic rings. The minimum absolute atomic E-state index is 0.0792. The number of ether oxygens (including phenoxy) is 1. The van der Waals surface area contributed by atoms with Crippen molar-refractivity contribution in [1.82, 2.24) is 4.98 Å². The standard InChI is InChI=1S/C15H11NO4/c17-14-12(7-10-3-1-2-4-13(10)16-14)9-20-15(18)11-5-6-19-8-11/h1-8H,9H2,(H,16,17). The predicted molar refractivity (Wildman–Crippen MR) is 72.4 cm³/mol. The maximum absolute atomic E-state index is 11.9. The molecule has 100 valence electrons. The Balaban J connectivity index is 1.82. The number of furan rings is 1. The topological polar surface area (TPSA) is 72.3 Å². The van der Waals surface area contributed by atoms with Crippen molar-refractivity contribution in [3.05, 3.63) is 70.4 Å². The number of carbonyl (C=O) groups is 1. The van der Waals surface area contributed by atoms with Gasteiger partial charge < -0.3 is 14.1 Å². The highest BCUT2D eigenvalue weighted by Gasteiger charge is 2.10. The second-order valence-corrected chi connectivity index (χ2v) is 4.30. The van der Waals surface area contributed by atoms with Crippen molar-refractivity contribution in [1.29, 1.82) is 0 Å². The van der Waals surface area contributed by atoms with Crippen LogP contribution in [-0.4, -0.2) is 11.0 Å². The van der Waals surface area contributed by atoms with Gasteiger partial charge in [0, 0.05) is 5.52 Å². The molecule has 0 spiro atoms. The predicted octanol–water partition coefficient (Wildman–Crippen LogP) is 2.48. The highest BCUT2D eigenvalue weighted by atomic mass is 16.5. The highest BCUT2D eigenvalue weighted by molar-refractivity contribution is 5.88. The average Bonchev–Trinajstić information content (AvgIpc) is 2.99. The second-order valence-electron chi connectivity index (χ2n) is 4.30. The van der Waals surface area contributed by atoms with Crippen LogP contribution in [0.1, 0.15) is 15.9 Å². The molecule has 0 aliphatic carbocycles. The van der Waals surface area contributed by atoms with E-state index in [4.69, 9.17) is 9.15 Å². The normalized spacial score (nSPS) is 10.6. The summed E-state index contributed by atoms with van der Waals surface area (Å²) in [4.78, 5) is 26.3. The van der Waals surface area contributed by atoms with Crippen molar-refractivity contribution in [3.8, 4) is 0 Å². The lowest BCUT2D eigenvalue weighted by Crippen LogP contribution is -2.15. The van der Waals surface area contributed by atoms with E-state index >= 15 is 0 Å². The second kappa shape index (κ2) is 5.05. The van der Waals surface area contributed by atoms with Gasteiger partial charge in [0.2, 0.25) is 0 Å². The molecule has 0 fully saturated rings. The zero-order valence-electron chi connectivity index (χ0n) is 10.5. The first kappa shape index (κ1) is 12.2. The highest BCUT2D eigenvalue weighted by Crippen LogP contribution is 2.11. The van der Waals surface area contributed by atoms with E-state index in [1.165, 1.54) is 18.6 Å². The molecule has 5 nitrogen and oxygen atoms in total. The molecule has 1 aromatic carbocycles. The lowest BCUT2D eigenvalue weighted by molar-refractivity contribution is 0.0470. The number of H-pyrrole nitrogens is 1. The van der Waals surface area contributed by atoms with Gasteiger partial charge in [0.05, 0.1) is 17.4 Å². The fourth-order valence-corrected chi connectivity index (χ4v) is 1.91. The van der Waals surface area contributed by atoms with E-state index in [2.05, 4.69) is 4.98 Å². The van der Waals surface area contributed by atoms with E-state index in [0.717, 1.165) is 10.9 Å². The molecule has 0 atom stereocenters. The number of aromatic nitrogens is 1. The third-order valence-corrected chi connectivity index (χ3v) is 2.95. The number of rotatable bonds is 3. The van der Waals surface area contributed by atoms with Crippen LogP contribution in [0.4, 0.5) is 0 Å². The first-order valence-corrected chi connectivity index (χ1v) is 6.04. The maximum Gasteiger partial charge on any atom is 0.341 e. The lowest BCUT2D eigenvalue weighted by Gasteiger charge is -2.04. The number of nitrogens with one attached hydrogen (secondary N) is 1. The number of aromatic amines is 1. The Kier molecular flexibility index (Phi) is 3.09. The molecule has 20 heavy (non-hydrogen) atoms. The van der Waals surface area contributed by atoms with Crippen LogP contribution in [0.15, 0.2) is 58.1 Å². The molecule has 0 saturated heterocycles. The van der Waals surface area contributed by atoms with Crippen LogP contribution < -0.4 is 5.56 Å². The van der Waals surface area contributed by atoms with Gasteiger partial charge in [-0.15, -0.1) is 0 Å². The van der Waals surface area contributed by atoms with Gasteiger partial charge in [-0.3, -0.25) is 4.79 Å². The molecule has 0 amide bonds. The van der Waals surface area contributed by atoms with Crippen LogP contribution in [0.25, 0.3) is 10.9 Å². The summed E-state index contributed by atoms with van der Waals surface area (Å²) in [7, 11) is 0. The number of esters is 1. The van der Waals surface area contributed by atoms with Crippen molar-refractivity contribution >= 4 is 16.9 Å². The third kappa shape index (κ3) is 2.33. The van der Waals surface area contributed by atoms with E-state index < -0.39 is 5.97 Å². The summed E-state index contributed by atoms with van der Waals surface area (Å²) < 4.78 is 9.88. The summed E-state index contributed by atoms with van der Waals surface area (Å²) in [6, 6.07) is 10.6. The number of hydrogen-bond donors (Lipinski definition) is 1. The Morgan fingerprint density at radius 3 is 2.90 bits per heavy atom. The van der Waals surface area contributed by atoms with Crippen LogP contribution in [0.5, 0.6) is 0 Å². The van der Waals surface area contributed by atoms with Crippen molar-refractivity contribution in [2.24, 2.45) is 0 Å². The lowest BCUT2D eigenvalue weighted by atomic mass is 10.1. The third-order valence-electron chi connectivity index (χ3n) is 2.95. The number of pyridine rings is 1. The van der Waals surface area contributed by atoms with Crippen LogP contribution in [0.3, 0.4) is 0 Å². The Morgan fingerprint density at radius 1 is 1.25 bits per heavy atom. The van der Waals surface area contributed by atoms with Crippen LogP contribution in [0, 0.1) is 0 Å². The molecule has 3 aromatic rings. The summed E-state index contributed by atoms with van der Waals surface area (Å²) in [6.45, 7) is -0.0792. The van der Waals surface area contributed by atoms with E-state index in [-0.39, 0.29) is 12.2 Å². The van der Waals surface area contributed by atoms with Gasteiger partial charge in [-0.2, -0.15) is 0 Å². The fourth-order valence-electron chi connectivity index (χ4n) is 1.91. The van der Waals surface area contributed by atoms with E-state index in [1.54, 1.807) is 6.07 Å². The number of carbonyl (C=O) groups excluding carboxylic acids is 1. The molecule has 2 aromatic heterocycles. The van der Waals surface area contributed by atoms with E-state index in [1.807, 2.05) is 24.3 Å². The molecule has 1 N–H and O–H groups in total. The first-order valence-electron chi connectivity index (χ1n) is 6.04. The van der Waals surface area contributed by atoms with Crippen molar-refractivity contribution in [2.45, 2.75) is 6.61 Å². The Hall–Kier alpha value is -2.82. The zero-order valence-corrected chi connectivity index (χ0v) is 10.5. The monoisotopic (exact) mass is 269 g/mol. The largest absolute Gasteiger partial charge is 0.472 e. The zero-order chi connectivity index (χ0) is 13.9. The molecule has 0 saturated carbocycles. The smallest absolute Gasteiger partial charge is 0.341 e. The number of fused-ring (bicyclic) bond motifs is 1. The molecule has 0 bridgehead atoms. The minimum atomic E-state index is -0.522. The SMILES string of the molecule is O=C(OCc1cc2ccccc2[nH]c1=O)c1ccoc1. The Morgan fingerprint density at radius 2 is 2.10 bits per heavy atom. The van der Waals surface area contributed by atoms with Crippen molar-refractivity contribution in [3.63, 3.8) is 0 Å². The molecule has 0 unspecified atom stereocenters.